The second-order valence-electron chi connectivity index (χ2n) is 5.33. The van der Waals surface area contributed by atoms with Crippen LogP contribution in [0.25, 0.3) is 0 Å². The van der Waals surface area contributed by atoms with Crippen LogP contribution in [0.15, 0.2) is 30.4 Å². The first-order chi connectivity index (χ1) is 9.16. The van der Waals surface area contributed by atoms with Gasteiger partial charge in [0, 0.05) is 17.9 Å². The minimum absolute atomic E-state index is 0.0137. The standard InChI is InChI=1S/C16H16O3/c17-15-6-1-3-10-9-11(7-8-13(10)15)12-4-2-5-14(12)16(18)19/h2,5,7-9,12,14H,1,3-4,6H2,(H,18,19). The minimum Gasteiger partial charge on any atom is -0.481 e. The van der Waals surface area contributed by atoms with Crippen LogP contribution < -0.4 is 0 Å². The molecule has 3 rings (SSSR count). The number of Topliss-reactive ketones (excluding diaryl/α,β-unsaturated/α-hetero) is 1. The smallest absolute Gasteiger partial charge is 0.310 e. The highest BCUT2D eigenvalue weighted by Crippen LogP contribution is 2.36. The Labute approximate surface area is 111 Å². The summed E-state index contributed by atoms with van der Waals surface area (Å²) in [4.78, 5) is 23.0. The molecule has 3 nitrogen and oxygen atoms in total. The average molecular weight is 256 g/mol. The van der Waals surface area contributed by atoms with Gasteiger partial charge in [-0.05, 0) is 30.4 Å². The maximum absolute atomic E-state index is 11.8. The van der Waals surface area contributed by atoms with Gasteiger partial charge in [0.05, 0.1) is 5.92 Å². The third kappa shape index (κ3) is 2.09. The van der Waals surface area contributed by atoms with E-state index in [-0.39, 0.29) is 11.7 Å². The van der Waals surface area contributed by atoms with Crippen molar-refractivity contribution in [3.63, 3.8) is 0 Å². The molecular formula is C16H16O3. The quantitative estimate of drug-likeness (QED) is 0.828. The molecule has 0 amide bonds. The molecule has 0 heterocycles. The Bertz CT molecular complexity index is 571. The summed E-state index contributed by atoms with van der Waals surface area (Å²) in [6, 6.07) is 5.85. The van der Waals surface area contributed by atoms with Crippen molar-refractivity contribution in [2.75, 3.05) is 0 Å². The summed E-state index contributed by atoms with van der Waals surface area (Å²) in [7, 11) is 0. The van der Waals surface area contributed by atoms with Crippen molar-refractivity contribution in [1.29, 1.82) is 0 Å². The lowest BCUT2D eigenvalue weighted by Gasteiger charge is -2.20. The summed E-state index contributed by atoms with van der Waals surface area (Å²) in [5.41, 5.74) is 2.96. The van der Waals surface area contributed by atoms with E-state index in [2.05, 4.69) is 0 Å². The van der Waals surface area contributed by atoms with Crippen LogP contribution in [0.3, 0.4) is 0 Å². The minimum atomic E-state index is -0.771. The van der Waals surface area contributed by atoms with E-state index in [1.807, 2.05) is 24.3 Å². The van der Waals surface area contributed by atoms with Crippen LogP contribution in [0.2, 0.25) is 0 Å². The monoisotopic (exact) mass is 256 g/mol. The number of carbonyl (C=O) groups excluding carboxylic acids is 1. The molecule has 0 aromatic heterocycles. The normalized spacial score (nSPS) is 25.4. The first kappa shape index (κ1) is 12.2. The lowest BCUT2D eigenvalue weighted by molar-refractivity contribution is -0.140. The van der Waals surface area contributed by atoms with Crippen LogP contribution in [0.1, 0.15) is 46.7 Å². The Kier molecular flexibility index (Phi) is 2.97. The van der Waals surface area contributed by atoms with Crippen molar-refractivity contribution in [1.82, 2.24) is 0 Å². The van der Waals surface area contributed by atoms with E-state index in [4.69, 9.17) is 0 Å². The lowest BCUT2D eigenvalue weighted by atomic mass is 9.83. The fraction of sp³-hybridized carbons (Fsp3) is 0.375. The van der Waals surface area contributed by atoms with E-state index in [9.17, 15) is 14.7 Å². The van der Waals surface area contributed by atoms with E-state index < -0.39 is 11.9 Å². The average Bonchev–Trinajstić information content (AvgIpc) is 2.88. The second-order valence-corrected chi connectivity index (χ2v) is 5.33. The summed E-state index contributed by atoms with van der Waals surface area (Å²) in [5, 5.41) is 9.22. The van der Waals surface area contributed by atoms with Crippen molar-refractivity contribution in [3.05, 3.63) is 47.0 Å². The van der Waals surface area contributed by atoms with E-state index >= 15 is 0 Å². The summed E-state index contributed by atoms with van der Waals surface area (Å²) >= 11 is 0. The number of allylic oxidation sites excluding steroid dienone is 1. The highest BCUT2D eigenvalue weighted by atomic mass is 16.4. The van der Waals surface area contributed by atoms with Crippen LogP contribution in [0, 0.1) is 5.92 Å². The van der Waals surface area contributed by atoms with Gasteiger partial charge in [-0.2, -0.15) is 0 Å². The lowest BCUT2D eigenvalue weighted by Crippen LogP contribution is -2.18. The van der Waals surface area contributed by atoms with Crippen molar-refractivity contribution in [3.8, 4) is 0 Å². The fourth-order valence-electron chi connectivity index (χ4n) is 3.15. The molecule has 1 aromatic carbocycles. The van der Waals surface area contributed by atoms with Crippen LogP contribution in [0.5, 0.6) is 0 Å². The van der Waals surface area contributed by atoms with Gasteiger partial charge in [-0.25, -0.2) is 0 Å². The number of ketones is 1. The molecule has 2 aliphatic carbocycles. The Morgan fingerprint density at radius 2 is 2.11 bits per heavy atom. The molecule has 98 valence electrons. The van der Waals surface area contributed by atoms with E-state index in [1.165, 1.54) is 0 Å². The number of fused-ring (bicyclic) bond motifs is 1. The Balaban J connectivity index is 1.94. The van der Waals surface area contributed by atoms with Crippen molar-refractivity contribution >= 4 is 11.8 Å². The van der Waals surface area contributed by atoms with Gasteiger partial charge in [-0.1, -0.05) is 30.4 Å². The summed E-state index contributed by atoms with van der Waals surface area (Å²) in [6.45, 7) is 0. The van der Waals surface area contributed by atoms with Crippen LogP contribution in [0.4, 0.5) is 0 Å². The molecule has 2 unspecified atom stereocenters. The van der Waals surface area contributed by atoms with Gasteiger partial charge >= 0.3 is 5.97 Å². The first-order valence-corrected chi connectivity index (χ1v) is 6.72. The Morgan fingerprint density at radius 1 is 1.26 bits per heavy atom. The van der Waals surface area contributed by atoms with Crippen molar-refractivity contribution in [2.24, 2.45) is 5.92 Å². The molecule has 0 fully saturated rings. The molecule has 0 saturated carbocycles. The van der Waals surface area contributed by atoms with Crippen LogP contribution in [-0.4, -0.2) is 16.9 Å². The van der Waals surface area contributed by atoms with Gasteiger partial charge < -0.3 is 5.11 Å². The van der Waals surface area contributed by atoms with Gasteiger partial charge in [-0.15, -0.1) is 0 Å². The van der Waals surface area contributed by atoms with Gasteiger partial charge in [0.15, 0.2) is 5.78 Å². The number of carbonyl (C=O) groups is 2. The maximum Gasteiger partial charge on any atom is 0.310 e. The number of rotatable bonds is 2. The van der Waals surface area contributed by atoms with Crippen LogP contribution in [-0.2, 0) is 11.2 Å². The predicted octanol–water partition coefficient (Wildman–Crippen LogP) is 2.95. The molecule has 3 heteroatoms. The summed E-state index contributed by atoms with van der Waals surface area (Å²) < 4.78 is 0. The topological polar surface area (TPSA) is 54.4 Å². The SMILES string of the molecule is O=C1CCCc2cc(C3CC=CC3C(=O)O)ccc21. The maximum atomic E-state index is 11.8. The number of carboxylic acids is 1. The van der Waals surface area contributed by atoms with Gasteiger partial charge in [0.1, 0.15) is 0 Å². The van der Waals surface area contributed by atoms with Gasteiger partial charge in [0.2, 0.25) is 0 Å². The summed E-state index contributed by atoms with van der Waals surface area (Å²) in [5.74, 6) is -0.975. The number of aryl methyl sites for hydroxylation is 1. The number of hydrogen-bond acceptors (Lipinski definition) is 2. The molecule has 2 atom stereocenters. The van der Waals surface area contributed by atoms with Crippen molar-refractivity contribution < 1.29 is 14.7 Å². The second kappa shape index (κ2) is 4.65. The van der Waals surface area contributed by atoms with E-state index in [0.29, 0.717) is 6.42 Å². The molecule has 0 bridgehead atoms. The molecule has 0 spiro atoms. The molecule has 1 aromatic rings. The Morgan fingerprint density at radius 3 is 2.89 bits per heavy atom. The molecule has 0 saturated heterocycles. The molecule has 19 heavy (non-hydrogen) atoms. The number of benzene rings is 1. The molecule has 0 radical (unpaired) electrons. The zero-order chi connectivity index (χ0) is 13.4. The molecule has 2 aliphatic rings. The molecular weight excluding hydrogens is 240 g/mol. The third-order valence-corrected chi connectivity index (χ3v) is 4.16. The third-order valence-electron chi connectivity index (χ3n) is 4.16. The van der Waals surface area contributed by atoms with Crippen molar-refractivity contribution in [2.45, 2.75) is 31.6 Å². The van der Waals surface area contributed by atoms with Crippen LogP contribution >= 0.6 is 0 Å². The number of carboxylic acid groups (broad SMARTS) is 1. The highest BCUT2D eigenvalue weighted by molar-refractivity contribution is 5.98. The number of hydrogen-bond donors (Lipinski definition) is 1. The fourth-order valence-corrected chi connectivity index (χ4v) is 3.15. The zero-order valence-corrected chi connectivity index (χ0v) is 10.6. The van der Waals surface area contributed by atoms with E-state index in [1.54, 1.807) is 6.08 Å². The number of aliphatic carboxylic acids is 1. The van der Waals surface area contributed by atoms with Gasteiger partial charge in [-0.3, -0.25) is 9.59 Å². The molecule has 0 aliphatic heterocycles. The highest BCUT2D eigenvalue weighted by Gasteiger charge is 2.30. The van der Waals surface area contributed by atoms with Gasteiger partial charge in [0.25, 0.3) is 0 Å². The zero-order valence-electron chi connectivity index (χ0n) is 10.6. The van der Waals surface area contributed by atoms with E-state index in [0.717, 1.165) is 36.0 Å². The predicted molar refractivity (Wildman–Crippen MR) is 71.3 cm³/mol. The summed E-state index contributed by atoms with van der Waals surface area (Å²) in [6.07, 6.45) is 6.94. The molecule has 1 N–H and O–H groups in total. The largest absolute Gasteiger partial charge is 0.481 e. The Hall–Kier alpha value is -1.90. The first-order valence-electron chi connectivity index (χ1n) is 6.72.